The molecule has 2 nitrogen and oxygen atoms in total. The van der Waals surface area contributed by atoms with E-state index in [2.05, 4.69) is 0 Å². The second-order valence-electron chi connectivity index (χ2n) is 5.32. The molecule has 0 radical (unpaired) electrons. The highest BCUT2D eigenvalue weighted by molar-refractivity contribution is 6.27. The first-order valence-electron chi connectivity index (χ1n) is 7.13. The van der Waals surface area contributed by atoms with Gasteiger partial charge in [-0.05, 0) is 34.6 Å². The molecule has 0 bridgehead atoms. The highest BCUT2D eigenvalue weighted by Gasteiger charge is 2.25. The molecule has 0 amide bonds. The molecular weight excluding hydrogens is 272 g/mol. The van der Waals surface area contributed by atoms with E-state index in [1.54, 1.807) is 0 Å². The highest BCUT2D eigenvalue weighted by Crippen LogP contribution is 2.36. The van der Waals surface area contributed by atoms with Crippen LogP contribution in [0.4, 0.5) is 0 Å². The van der Waals surface area contributed by atoms with Crippen LogP contribution < -0.4 is 0 Å². The molecular formula is C20H12O2. The predicted octanol–water partition coefficient (Wildman–Crippen LogP) is 4.44. The maximum Gasteiger partial charge on any atom is 0.187 e. The van der Waals surface area contributed by atoms with Gasteiger partial charge >= 0.3 is 0 Å². The predicted molar refractivity (Wildman–Crippen MR) is 87.2 cm³/mol. The van der Waals surface area contributed by atoms with Crippen LogP contribution in [0.15, 0.2) is 72.8 Å². The maximum absolute atomic E-state index is 12.4. The van der Waals surface area contributed by atoms with E-state index in [4.69, 9.17) is 0 Å². The van der Waals surface area contributed by atoms with E-state index < -0.39 is 0 Å². The van der Waals surface area contributed by atoms with Crippen molar-refractivity contribution in [2.45, 2.75) is 0 Å². The van der Waals surface area contributed by atoms with Crippen molar-refractivity contribution in [3.8, 4) is 11.1 Å². The number of hydrogen-bond acceptors (Lipinski definition) is 2. The Morgan fingerprint density at radius 2 is 1.32 bits per heavy atom. The molecule has 0 N–H and O–H groups in total. The molecule has 3 aromatic carbocycles. The summed E-state index contributed by atoms with van der Waals surface area (Å²) in [6.45, 7) is 0. The lowest BCUT2D eigenvalue weighted by molar-refractivity contribution is 0.0995. The molecule has 0 saturated carbocycles. The van der Waals surface area contributed by atoms with Gasteiger partial charge in [0.2, 0.25) is 0 Å². The van der Waals surface area contributed by atoms with E-state index in [9.17, 15) is 9.59 Å². The van der Waals surface area contributed by atoms with Crippen LogP contribution in [0.1, 0.15) is 20.7 Å². The van der Waals surface area contributed by atoms with Crippen molar-refractivity contribution in [3.05, 3.63) is 83.9 Å². The first-order valence-corrected chi connectivity index (χ1v) is 7.13. The summed E-state index contributed by atoms with van der Waals surface area (Å²) in [5.74, 6) is -0.225. The van der Waals surface area contributed by atoms with Crippen LogP contribution in [0.5, 0.6) is 0 Å². The molecule has 0 aromatic heterocycles. The van der Waals surface area contributed by atoms with Crippen LogP contribution in [0, 0.1) is 0 Å². The summed E-state index contributed by atoms with van der Waals surface area (Å²) >= 11 is 0. The number of benzene rings is 3. The van der Waals surface area contributed by atoms with Gasteiger partial charge in [0.25, 0.3) is 0 Å². The van der Waals surface area contributed by atoms with E-state index in [0.717, 1.165) is 21.9 Å². The Morgan fingerprint density at radius 3 is 2.14 bits per heavy atom. The van der Waals surface area contributed by atoms with Gasteiger partial charge in [-0.1, -0.05) is 54.6 Å². The van der Waals surface area contributed by atoms with Crippen molar-refractivity contribution in [2.75, 3.05) is 0 Å². The molecule has 0 saturated heterocycles. The fraction of sp³-hybridized carbons (Fsp3) is 0. The zero-order valence-electron chi connectivity index (χ0n) is 11.7. The Labute approximate surface area is 127 Å². The van der Waals surface area contributed by atoms with Crippen LogP contribution in [0.25, 0.3) is 21.9 Å². The van der Waals surface area contributed by atoms with Crippen LogP contribution in [-0.2, 0) is 0 Å². The first-order chi connectivity index (χ1) is 10.8. The average Bonchev–Trinajstić information content (AvgIpc) is 2.57. The molecule has 0 unspecified atom stereocenters. The molecule has 0 heterocycles. The summed E-state index contributed by atoms with van der Waals surface area (Å²) < 4.78 is 0. The third-order valence-electron chi connectivity index (χ3n) is 4.01. The van der Waals surface area contributed by atoms with Gasteiger partial charge in [0, 0.05) is 16.7 Å². The molecule has 1 aliphatic carbocycles. The maximum atomic E-state index is 12.4. The molecule has 0 aliphatic heterocycles. The second-order valence-corrected chi connectivity index (χ2v) is 5.32. The average molecular weight is 284 g/mol. The van der Waals surface area contributed by atoms with Crippen LogP contribution in [-0.4, -0.2) is 11.6 Å². The lowest BCUT2D eigenvalue weighted by atomic mass is 9.84. The van der Waals surface area contributed by atoms with Crippen LogP contribution >= 0.6 is 0 Å². The van der Waals surface area contributed by atoms with E-state index >= 15 is 0 Å². The summed E-state index contributed by atoms with van der Waals surface area (Å²) in [6.07, 6.45) is 2.72. The fourth-order valence-corrected chi connectivity index (χ4v) is 3.03. The summed E-state index contributed by atoms with van der Waals surface area (Å²) in [7, 11) is 0. The van der Waals surface area contributed by atoms with Crippen LogP contribution in [0.2, 0.25) is 0 Å². The molecule has 1 aliphatic rings. The SMILES string of the molecule is O=C1C=CC(=O)c2c1cc1ccccc1c2-c1ccccc1. The standard InChI is InChI=1S/C20H12O2/c21-17-10-11-18(22)20-16(17)12-14-8-4-5-9-15(14)19(20)13-6-2-1-3-7-13/h1-12H. The zero-order chi connectivity index (χ0) is 15.1. The number of rotatable bonds is 1. The van der Waals surface area contributed by atoms with Crippen LogP contribution in [0.3, 0.4) is 0 Å². The molecule has 104 valence electrons. The third-order valence-corrected chi connectivity index (χ3v) is 4.01. The Kier molecular flexibility index (Phi) is 2.76. The number of ketones is 2. The lowest BCUT2D eigenvalue weighted by Crippen LogP contribution is -2.13. The van der Waals surface area contributed by atoms with Crippen molar-refractivity contribution in [2.24, 2.45) is 0 Å². The number of carbonyl (C=O) groups is 2. The minimum atomic E-state index is -0.113. The Bertz CT molecular complexity index is 950. The van der Waals surface area contributed by atoms with E-state index in [-0.39, 0.29) is 11.6 Å². The van der Waals surface area contributed by atoms with Gasteiger partial charge in [-0.15, -0.1) is 0 Å². The highest BCUT2D eigenvalue weighted by atomic mass is 16.1. The number of hydrogen-bond donors (Lipinski definition) is 0. The molecule has 3 aromatic rings. The van der Waals surface area contributed by atoms with E-state index in [1.807, 2.05) is 60.7 Å². The normalized spacial score (nSPS) is 13.5. The number of carbonyl (C=O) groups excluding carboxylic acids is 2. The van der Waals surface area contributed by atoms with Crippen molar-refractivity contribution in [1.82, 2.24) is 0 Å². The van der Waals surface area contributed by atoms with Gasteiger partial charge in [-0.3, -0.25) is 9.59 Å². The van der Waals surface area contributed by atoms with Crippen molar-refractivity contribution < 1.29 is 9.59 Å². The smallest absolute Gasteiger partial charge is 0.187 e. The van der Waals surface area contributed by atoms with Gasteiger partial charge in [0.1, 0.15) is 0 Å². The molecule has 22 heavy (non-hydrogen) atoms. The van der Waals surface area contributed by atoms with Gasteiger partial charge in [-0.2, -0.15) is 0 Å². The van der Waals surface area contributed by atoms with Crippen molar-refractivity contribution >= 4 is 22.3 Å². The van der Waals surface area contributed by atoms with Gasteiger partial charge < -0.3 is 0 Å². The number of allylic oxidation sites excluding steroid dienone is 2. The Balaban J connectivity index is 2.20. The fourth-order valence-electron chi connectivity index (χ4n) is 3.03. The summed E-state index contributed by atoms with van der Waals surface area (Å²) in [6, 6.07) is 19.4. The number of fused-ring (bicyclic) bond motifs is 2. The lowest BCUT2D eigenvalue weighted by Gasteiger charge is -2.17. The summed E-state index contributed by atoms with van der Waals surface area (Å²) in [4.78, 5) is 24.6. The quantitative estimate of drug-likeness (QED) is 0.662. The monoisotopic (exact) mass is 284 g/mol. The molecule has 0 atom stereocenters. The third kappa shape index (κ3) is 1.81. The largest absolute Gasteiger partial charge is 0.289 e. The zero-order valence-corrected chi connectivity index (χ0v) is 11.7. The Morgan fingerprint density at radius 1 is 0.636 bits per heavy atom. The molecule has 2 heteroatoms. The minimum absolute atomic E-state index is 0.112. The second kappa shape index (κ2) is 4.78. The molecule has 4 rings (SSSR count). The molecule has 0 spiro atoms. The Hall–Kier alpha value is -3.00. The van der Waals surface area contributed by atoms with Crippen molar-refractivity contribution in [1.29, 1.82) is 0 Å². The van der Waals surface area contributed by atoms with Gasteiger partial charge in [-0.25, -0.2) is 0 Å². The topological polar surface area (TPSA) is 34.1 Å². The van der Waals surface area contributed by atoms with Gasteiger partial charge in [0.05, 0.1) is 0 Å². The van der Waals surface area contributed by atoms with E-state index in [1.165, 1.54) is 12.2 Å². The first kappa shape index (κ1) is 12.7. The molecule has 0 fully saturated rings. The minimum Gasteiger partial charge on any atom is -0.289 e. The summed E-state index contributed by atoms with van der Waals surface area (Å²) in [5.41, 5.74) is 2.80. The van der Waals surface area contributed by atoms with Crippen molar-refractivity contribution in [3.63, 3.8) is 0 Å². The summed E-state index contributed by atoms with van der Waals surface area (Å²) in [5, 5.41) is 1.96. The van der Waals surface area contributed by atoms with Gasteiger partial charge in [0.15, 0.2) is 11.6 Å². The van der Waals surface area contributed by atoms with E-state index in [0.29, 0.717) is 11.1 Å².